The normalized spacial score (nSPS) is 13.7. The average Bonchev–Trinajstić information content (AvgIpc) is 2.86. The van der Waals surface area contributed by atoms with Crippen LogP contribution in [0.2, 0.25) is 0 Å². The number of methoxy groups -OCH3 is 2. The van der Waals surface area contributed by atoms with Gasteiger partial charge in [0, 0.05) is 31.7 Å². The number of anilines is 1. The zero-order valence-electron chi connectivity index (χ0n) is 20.6. The van der Waals surface area contributed by atoms with Crippen LogP contribution in [0.3, 0.4) is 0 Å². The van der Waals surface area contributed by atoms with E-state index in [0.29, 0.717) is 31.0 Å². The number of piperazine rings is 1. The van der Waals surface area contributed by atoms with Gasteiger partial charge in [-0.15, -0.1) is 10.2 Å². The molecule has 0 atom stereocenters. The Hall–Kier alpha value is -3.61. The molecule has 1 amide bonds. The van der Waals surface area contributed by atoms with E-state index in [1.165, 1.54) is 16.7 Å². The van der Waals surface area contributed by atoms with E-state index < -0.39 is 0 Å². The number of carbonyl (C=O) groups excluding carboxylic acids is 1. The number of rotatable bonds is 6. The summed E-state index contributed by atoms with van der Waals surface area (Å²) in [5.41, 5.74) is 6.64. The number of carbonyl (C=O) groups is 1. The van der Waals surface area contributed by atoms with Gasteiger partial charge in [-0.1, -0.05) is 12.1 Å². The number of benzene rings is 2. The molecule has 1 aliphatic heterocycles. The lowest BCUT2D eigenvalue weighted by Crippen LogP contribution is -2.49. The van der Waals surface area contributed by atoms with Gasteiger partial charge >= 0.3 is 0 Å². The predicted molar refractivity (Wildman–Crippen MR) is 134 cm³/mol. The molecule has 1 aromatic heterocycles. The molecule has 3 aromatic rings. The Kier molecular flexibility index (Phi) is 7.01. The highest BCUT2D eigenvalue weighted by atomic mass is 16.5. The topological polar surface area (TPSA) is 67.8 Å². The number of nitrogens with zero attached hydrogens (tertiary/aromatic N) is 4. The van der Waals surface area contributed by atoms with Crippen molar-refractivity contribution in [1.29, 1.82) is 0 Å². The third-order valence-corrected chi connectivity index (χ3v) is 6.53. The molecule has 7 nitrogen and oxygen atoms in total. The van der Waals surface area contributed by atoms with Crippen molar-refractivity contribution < 1.29 is 14.3 Å². The Labute approximate surface area is 201 Å². The van der Waals surface area contributed by atoms with Crippen LogP contribution in [-0.4, -0.2) is 61.4 Å². The number of hydrogen-bond acceptors (Lipinski definition) is 6. The number of aromatic nitrogens is 2. The van der Waals surface area contributed by atoms with Gasteiger partial charge in [0.2, 0.25) is 5.91 Å². The third kappa shape index (κ3) is 4.98. The molecule has 0 spiro atoms. The van der Waals surface area contributed by atoms with Crippen LogP contribution in [0.5, 0.6) is 11.5 Å². The summed E-state index contributed by atoms with van der Waals surface area (Å²) < 4.78 is 10.6. The van der Waals surface area contributed by atoms with Gasteiger partial charge in [-0.05, 0) is 73.4 Å². The summed E-state index contributed by atoms with van der Waals surface area (Å²) in [4.78, 5) is 17.0. The molecule has 4 rings (SSSR count). The zero-order valence-corrected chi connectivity index (χ0v) is 20.6. The smallest absolute Gasteiger partial charge is 0.227 e. The number of hydrogen-bond donors (Lipinski definition) is 0. The minimum Gasteiger partial charge on any atom is -0.493 e. The van der Waals surface area contributed by atoms with Crippen LogP contribution in [0, 0.1) is 20.8 Å². The van der Waals surface area contributed by atoms with E-state index in [1.54, 1.807) is 14.2 Å². The quantitative estimate of drug-likeness (QED) is 0.554. The van der Waals surface area contributed by atoms with Gasteiger partial charge in [0.1, 0.15) is 0 Å². The maximum atomic E-state index is 12.9. The molecule has 178 valence electrons. The van der Waals surface area contributed by atoms with Gasteiger partial charge in [0.05, 0.1) is 26.3 Å². The van der Waals surface area contributed by atoms with Gasteiger partial charge < -0.3 is 19.3 Å². The molecular weight excluding hydrogens is 428 g/mol. The predicted octanol–water partition coefficient (Wildman–Crippen LogP) is 3.98. The van der Waals surface area contributed by atoms with Gasteiger partial charge in [-0.25, -0.2) is 0 Å². The average molecular weight is 461 g/mol. The van der Waals surface area contributed by atoms with Crippen molar-refractivity contribution in [1.82, 2.24) is 15.1 Å². The van der Waals surface area contributed by atoms with E-state index in [1.807, 2.05) is 35.2 Å². The van der Waals surface area contributed by atoms with Crippen LogP contribution in [0.1, 0.15) is 22.3 Å². The minimum atomic E-state index is 0.110. The van der Waals surface area contributed by atoms with Gasteiger partial charge in [-0.3, -0.25) is 4.79 Å². The SMILES string of the molecule is COc1ccc(CC(=O)N2CCN(c3ccc(-c4cc(C)c(C)cc4C)nn3)CC2)cc1OC. The van der Waals surface area contributed by atoms with Crippen LogP contribution in [-0.2, 0) is 11.2 Å². The molecule has 1 saturated heterocycles. The van der Waals surface area contributed by atoms with E-state index in [2.05, 4.69) is 48.0 Å². The van der Waals surface area contributed by atoms with Crippen molar-refractivity contribution in [3.63, 3.8) is 0 Å². The largest absolute Gasteiger partial charge is 0.493 e. The first kappa shape index (κ1) is 23.5. The highest BCUT2D eigenvalue weighted by Crippen LogP contribution is 2.28. The molecule has 0 unspecified atom stereocenters. The maximum absolute atomic E-state index is 12.9. The Balaban J connectivity index is 1.36. The summed E-state index contributed by atoms with van der Waals surface area (Å²) in [5, 5.41) is 8.99. The lowest BCUT2D eigenvalue weighted by molar-refractivity contribution is -0.130. The standard InChI is InChI=1S/C27H32N4O3/c1-18-14-20(3)22(15-19(18)2)23-7-9-26(29-28-23)30-10-12-31(13-11-30)27(32)17-21-6-8-24(33-4)25(16-21)34-5/h6-9,14-16H,10-13,17H2,1-5H3. The van der Waals surface area contributed by atoms with Crippen LogP contribution in [0.4, 0.5) is 5.82 Å². The Morgan fingerprint density at radius 3 is 2.18 bits per heavy atom. The van der Waals surface area contributed by atoms with Crippen LogP contribution >= 0.6 is 0 Å². The van der Waals surface area contributed by atoms with Crippen molar-refractivity contribution >= 4 is 11.7 Å². The van der Waals surface area contributed by atoms with Crippen molar-refractivity contribution in [2.45, 2.75) is 27.2 Å². The molecule has 1 aliphatic rings. The second-order valence-corrected chi connectivity index (χ2v) is 8.76. The molecule has 0 radical (unpaired) electrons. The lowest BCUT2D eigenvalue weighted by Gasteiger charge is -2.35. The van der Waals surface area contributed by atoms with E-state index in [9.17, 15) is 4.79 Å². The van der Waals surface area contributed by atoms with Gasteiger partial charge in [0.25, 0.3) is 0 Å². The highest BCUT2D eigenvalue weighted by molar-refractivity contribution is 5.79. The molecule has 0 N–H and O–H groups in total. The van der Waals surface area contributed by atoms with Crippen molar-refractivity contribution in [2.24, 2.45) is 0 Å². The molecule has 0 bridgehead atoms. The first-order valence-electron chi connectivity index (χ1n) is 11.5. The van der Waals surface area contributed by atoms with Crippen LogP contribution in [0.15, 0.2) is 42.5 Å². The van der Waals surface area contributed by atoms with Crippen LogP contribution < -0.4 is 14.4 Å². The Morgan fingerprint density at radius 2 is 1.53 bits per heavy atom. The first-order chi connectivity index (χ1) is 16.4. The van der Waals surface area contributed by atoms with Crippen LogP contribution in [0.25, 0.3) is 11.3 Å². The highest BCUT2D eigenvalue weighted by Gasteiger charge is 2.23. The van der Waals surface area contributed by atoms with Gasteiger partial charge in [0.15, 0.2) is 17.3 Å². The summed E-state index contributed by atoms with van der Waals surface area (Å²) in [6, 6.07) is 14.0. The fraction of sp³-hybridized carbons (Fsp3) is 0.370. The van der Waals surface area contributed by atoms with Crippen molar-refractivity contribution in [3.05, 3.63) is 64.7 Å². The molecule has 1 fully saturated rings. The first-order valence-corrected chi connectivity index (χ1v) is 11.5. The van der Waals surface area contributed by atoms with Crippen molar-refractivity contribution in [2.75, 3.05) is 45.3 Å². The van der Waals surface area contributed by atoms with E-state index in [0.717, 1.165) is 35.7 Å². The summed E-state index contributed by atoms with van der Waals surface area (Å²) >= 11 is 0. The molecule has 7 heteroatoms. The number of ether oxygens (including phenoxy) is 2. The lowest BCUT2D eigenvalue weighted by atomic mass is 9.99. The molecule has 34 heavy (non-hydrogen) atoms. The van der Waals surface area contributed by atoms with E-state index in [4.69, 9.17) is 9.47 Å². The molecule has 0 aliphatic carbocycles. The molecule has 2 heterocycles. The summed E-state index contributed by atoms with van der Waals surface area (Å²) in [7, 11) is 3.20. The molecular formula is C27H32N4O3. The molecule has 0 saturated carbocycles. The Morgan fingerprint density at radius 1 is 0.824 bits per heavy atom. The van der Waals surface area contributed by atoms with Crippen molar-refractivity contribution in [3.8, 4) is 22.8 Å². The maximum Gasteiger partial charge on any atom is 0.227 e. The second-order valence-electron chi connectivity index (χ2n) is 8.76. The monoisotopic (exact) mass is 460 g/mol. The summed E-state index contributed by atoms with van der Waals surface area (Å²) in [6.07, 6.45) is 0.337. The summed E-state index contributed by atoms with van der Waals surface area (Å²) in [6.45, 7) is 9.13. The van der Waals surface area contributed by atoms with Gasteiger partial charge in [-0.2, -0.15) is 0 Å². The third-order valence-electron chi connectivity index (χ3n) is 6.53. The number of amides is 1. The van der Waals surface area contributed by atoms with E-state index >= 15 is 0 Å². The van der Waals surface area contributed by atoms with E-state index in [-0.39, 0.29) is 5.91 Å². The molecule has 2 aromatic carbocycles. The zero-order chi connectivity index (χ0) is 24.2. The fourth-order valence-corrected chi connectivity index (χ4v) is 4.34. The second kappa shape index (κ2) is 10.1. The fourth-order valence-electron chi connectivity index (χ4n) is 4.34. The Bertz CT molecular complexity index is 1170. The minimum absolute atomic E-state index is 0.110. The summed E-state index contributed by atoms with van der Waals surface area (Å²) in [5.74, 6) is 2.25. The number of aryl methyl sites for hydroxylation is 3.